The number of nitrogens with one attached hydrogen (secondary N) is 3. The van der Waals surface area contributed by atoms with Crippen LogP contribution in [-0.4, -0.2) is 30.0 Å². The van der Waals surface area contributed by atoms with Gasteiger partial charge >= 0.3 is 5.97 Å². The molecule has 0 aliphatic carbocycles. The maximum atomic E-state index is 12.4. The Hall–Kier alpha value is -3.26. The predicted octanol–water partition coefficient (Wildman–Crippen LogP) is 3.26. The molecule has 0 bridgehead atoms. The summed E-state index contributed by atoms with van der Waals surface area (Å²) in [5, 5.41) is 8.36. The van der Waals surface area contributed by atoms with E-state index < -0.39 is 11.9 Å². The highest BCUT2D eigenvalue weighted by molar-refractivity contribution is 7.80. The summed E-state index contributed by atoms with van der Waals surface area (Å²) in [5.41, 5.74) is 2.72. The van der Waals surface area contributed by atoms with Gasteiger partial charge in [0, 0.05) is 23.4 Å². The summed E-state index contributed by atoms with van der Waals surface area (Å²) in [5.74, 6) is -1.09. The van der Waals surface area contributed by atoms with Crippen molar-refractivity contribution >= 4 is 46.5 Å². The summed E-state index contributed by atoms with van der Waals surface area (Å²) in [6, 6.07) is 11.5. The fraction of sp³-hybridized carbons (Fsp3) is 0.200. The van der Waals surface area contributed by atoms with Crippen molar-refractivity contribution < 1.29 is 19.1 Å². The van der Waals surface area contributed by atoms with Gasteiger partial charge in [0.1, 0.15) is 0 Å². The van der Waals surface area contributed by atoms with Gasteiger partial charge in [-0.3, -0.25) is 14.9 Å². The number of amides is 2. The molecule has 0 radical (unpaired) electrons. The molecule has 2 aromatic rings. The molecule has 0 aliphatic rings. The zero-order valence-corrected chi connectivity index (χ0v) is 16.6. The quantitative estimate of drug-likeness (QED) is 0.528. The van der Waals surface area contributed by atoms with Gasteiger partial charge in [-0.1, -0.05) is 19.1 Å². The first kappa shape index (κ1) is 21.0. The highest BCUT2D eigenvalue weighted by atomic mass is 32.1. The van der Waals surface area contributed by atoms with E-state index in [9.17, 15) is 14.4 Å². The van der Waals surface area contributed by atoms with Crippen LogP contribution in [0.3, 0.4) is 0 Å². The lowest BCUT2D eigenvalue weighted by Crippen LogP contribution is -2.34. The first-order chi connectivity index (χ1) is 13.3. The van der Waals surface area contributed by atoms with Gasteiger partial charge in [0.05, 0.1) is 12.7 Å². The molecule has 0 aromatic heterocycles. The molecule has 7 nitrogen and oxygen atoms in total. The van der Waals surface area contributed by atoms with Crippen LogP contribution >= 0.6 is 12.2 Å². The van der Waals surface area contributed by atoms with Crippen molar-refractivity contribution in [2.24, 2.45) is 0 Å². The molecule has 28 heavy (non-hydrogen) atoms. The Morgan fingerprint density at radius 2 is 1.75 bits per heavy atom. The van der Waals surface area contributed by atoms with Crippen LogP contribution < -0.4 is 16.0 Å². The summed E-state index contributed by atoms with van der Waals surface area (Å²) < 4.78 is 4.65. The second-order valence-electron chi connectivity index (χ2n) is 5.91. The van der Waals surface area contributed by atoms with E-state index in [2.05, 4.69) is 20.7 Å². The molecule has 0 unspecified atom stereocenters. The van der Waals surface area contributed by atoms with Crippen molar-refractivity contribution in [2.45, 2.75) is 20.3 Å². The molecule has 8 heteroatoms. The molecule has 2 rings (SSSR count). The number of carbonyl (C=O) groups is 3. The van der Waals surface area contributed by atoms with Gasteiger partial charge in [-0.25, -0.2) is 4.79 Å². The van der Waals surface area contributed by atoms with Crippen molar-refractivity contribution in [1.82, 2.24) is 5.32 Å². The lowest BCUT2D eigenvalue weighted by atomic mass is 10.1. The summed E-state index contributed by atoms with van der Waals surface area (Å²) in [6.45, 7) is 3.65. The van der Waals surface area contributed by atoms with Gasteiger partial charge in [0.15, 0.2) is 5.11 Å². The Morgan fingerprint density at radius 3 is 2.43 bits per heavy atom. The van der Waals surface area contributed by atoms with Gasteiger partial charge in [0.25, 0.3) is 5.91 Å². The molecular formula is C20H21N3O4S. The fourth-order valence-electron chi connectivity index (χ4n) is 2.32. The van der Waals surface area contributed by atoms with E-state index in [0.717, 1.165) is 5.56 Å². The number of anilines is 2. The molecule has 3 N–H and O–H groups in total. The highest BCUT2D eigenvalue weighted by Gasteiger charge is 2.12. The molecule has 0 spiro atoms. The maximum absolute atomic E-state index is 12.4. The van der Waals surface area contributed by atoms with Crippen molar-refractivity contribution in [3.8, 4) is 0 Å². The number of hydrogen-bond donors (Lipinski definition) is 3. The predicted molar refractivity (Wildman–Crippen MR) is 112 cm³/mol. The van der Waals surface area contributed by atoms with Crippen molar-refractivity contribution in [1.29, 1.82) is 0 Å². The zero-order chi connectivity index (χ0) is 20.7. The van der Waals surface area contributed by atoms with E-state index in [0.29, 0.717) is 17.8 Å². The highest BCUT2D eigenvalue weighted by Crippen LogP contribution is 2.20. The second-order valence-corrected chi connectivity index (χ2v) is 6.32. The van der Waals surface area contributed by atoms with Crippen LogP contribution in [0.4, 0.5) is 11.4 Å². The van der Waals surface area contributed by atoms with Gasteiger partial charge in [-0.15, -0.1) is 0 Å². The van der Waals surface area contributed by atoms with Crippen molar-refractivity contribution in [3.63, 3.8) is 0 Å². The largest absolute Gasteiger partial charge is 0.465 e. The number of benzene rings is 2. The molecule has 0 saturated heterocycles. The molecule has 0 fully saturated rings. The summed E-state index contributed by atoms with van der Waals surface area (Å²) in [6.07, 6.45) is 0.371. The van der Waals surface area contributed by atoms with E-state index in [-0.39, 0.29) is 22.1 Å². The Labute approximate surface area is 168 Å². The average Bonchev–Trinajstić information content (AvgIpc) is 2.69. The monoisotopic (exact) mass is 399 g/mol. The SMILES string of the molecule is CCC(=O)Nc1cc(NC(=S)NC(=O)c2cccc(C(=O)OC)c2)ccc1C. The van der Waals surface area contributed by atoms with Crippen LogP contribution in [0.2, 0.25) is 0 Å². The summed E-state index contributed by atoms with van der Waals surface area (Å²) in [4.78, 5) is 35.6. The number of aryl methyl sites for hydroxylation is 1. The van der Waals surface area contributed by atoms with Crippen molar-refractivity contribution in [3.05, 3.63) is 59.2 Å². The normalized spacial score (nSPS) is 9.96. The Kier molecular flexibility index (Phi) is 7.22. The van der Waals surface area contributed by atoms with Crippen LogP contribution in [0.25, 0.3) is 0 Å². The van der Waals surface area contributed by atoms with Gasteiger partial charge in [-0.2, -0.15) is 0 Å². The Balaban J connectivity index is 2.06. The molecule has 0 atom stereocenters. The number of methoxy groups -OCH3 is 1. The first-order valence-electron chi connectivity index (χ1n) is 8.55. The lowest BCUT2D eigenvalue weighted by molar-refractivity contribution is -0.115. The van der Waals surface area contributed by atoms with Gasteiger partial charge < -0.3 is 15.4 Å². The summed E-state index contributed by atoms with van der Waals surface area (Å²) in [7, 11) is 1.27. The number of hydrogen-bond acceptors (Lipinski definition) is 5. The lowest BCUT2D eigenvalue weighted by Gasteiger charge is -2.13. The average molecular weight is 399 g/mol. The molecule has 2 amide bonds. The fourth-order valence-corrected chi connectivity index (χ4v) is 2.53. The minimum absolute atomic E-state index is 0.0880. The maximum Gasteiger partial charge on any atom is 0.337 e. The Bertz CT molecular complexity index is 927. The molecule has 0 saturated carbocycles. The van der Waals surface area contributed by atoms with E-state index in [1.807, 2.05) is 13.0 Å². The van der Waals surface area contributed by atoms with Crippen molar-refractivity contribution in [2.75, 3.05) is 17.7 Å². The number of esters is 1. The van der Waals surface area contributed by atoms with Crippen LogP contribution in [0.1, 0.15) is 39.6 Å². The third-order valence-corrected chi connectivity index (χ3v) is 4.07. The van der Waals surface area contributed by atoms with E-state index in [1.165, 1.54) is 13.2 Å². The van der Waals surface area contributed by atoms with E-state index in [1.54, 1.807) is 37.3 Å². The minimum atomic E-state index is -0.531. The third kappa shape index (κ3) is 5.62. The first-order valence-corrected chi connectivity index (χ1v) is 8.96. The van der Waals surface area contributed by atoms with Crippen LogP contribution in [-0.2, 0) is 9.53 Å². The van der Waals surface area contributed by atoms with Gasteiger partial charge in [-0.05, 0) is 55.0 Å². The standard InChI is InChI=1S/C20H21N3O4S/c1-4-17(24)22-16-11-15(9-8-12(16)2)21-20(28)23-18(25)13-6-5-7-14(10-13)19(26)27-3/h5-11H,4H2,1-3H3,(H,22,24)(H2,21,23,25,28). The minimum Gasteiger partial charge on any atom is -0.465 e. The molecule has 146 valence electrons. The molecule has 0 heterocycles. The third-order valence-electron chi connectivity index (χ3n) is 3.86. The van der Waals surface area contributed by atoms with E-state index in [4.69, 9.17) is 12.2 Å². The van der Waals surface area contributed by atoms with E-state index >= 15 is 0 Å². The number of carbonyl (C=O) groups excluding carboxylic acids is 3. The molecular weight excluding hydrogens is 378 g/mol. The molecule has 0 aliphatic heterocycles. The van der Waals surface area contributed by atoms with Crippen LogP contribution in [0, 0.1) is 6.92 Å². The second kappa shape index (κ2) is 9.61. The number of rotatable bonds is 5. The number of ether oxygens (including phenoxy) is 1. The smallest absolute Gasteiger partial charge is 0.337 e. The Morgan fingerprint density at radius 1 is 1.04 bits per heavy atom. The summed E-state index contributed by atoms with van der Waals surface area (Å²) >= 11 is 5.18. The zero-order valence-electron chi connectivity index (χ0n) is 15.8. The van der Waals surface area contributed by atoms with Crippen LogP contribution in [0.15, 0.2) is 42.5 Å². The molecule has 2 aromatic carbocycles. The van der Waals surface area contributed by atoms with Gasteiger partial charge in [0.2, 0.25) is 5.91 Å². The number of thiocarbonyl (C=S) groups is 1. The van der Waals surface area contributed by atoms with Crippen LogP contribution in [0.5, 0.6) is 0 Å². The topological polar surface area (TPSA) is 96.5 Å².